The Kier molecular flexibility index (Phi) is 4.02. The van der Waals surface area contributed by atoms with Gasteiger partial charge >= 0.3 is 0 Å². The van der Waals surface area contributed by atoms with Crippen molar-refractivity contribution in [2.24, 2.45) is 0 Å². The average Bonchev–Trinajstić information content (AvgIpc) is 2.86. The van der Waals surface area contributed by atoms with Crippen molar-refractivity contribution < 1.29 is 9.90 Å². The van der Waals surface area contributed by atoms with Crippen LogP contribution in [0.4, 0.5) is 0 Å². The second-order valence-electron chi connectivity index (χ2n) is 4.06. The van der Waals surface area contributed by atoms with Crippen LogP contribution in [0.1, 0.15) is 23.2 Å². The van der Waals surface area contributed by atoms with Gasteiger partial charge in [-0.1, -0.05) is 0 Å². The monoisotopic (exact) mass is 252 g/mol. The summed E-state index contributed by atoms with van der Waals surface area (Å²) in [6.07, 6.45) is 5.45. The molecule has 4 nitrogen and oxygen atoms in total. The number of thioether (sulfide) groups is 1. The quantitative estimate of drug-likeness (QED) is 0.826. The summed E-state index contributed by atoms with van der Waals surface area (Å²) in [5.74, 6) is -0.000694. The van der Waals surface area contributed by atoms with Crippen LogP contribution >= 0.6 is 11.8 Å². The lowest BCUT2D eigenvalue weighted by Crippen LogP contribution is -2.37. The molecule has 0 saturated carbocycles. The molecule has 0 aromatic carbocycles. The van der Waals surface area contributed by atoms with Gasteiger partial charge in [0.25, 0.3) is 5.91 Å². The Balaban J connectivity index is 2.18. The first-order valence-corrected chi connectivity index (χ1v) is 6.90. The molecule has 1 saturated heterocycles. The second-order valence-corrected chi connectivity index (χ2v) is 4.89. The Bertz CT molecular complexity index is 411. The third kappa shape index (κ3) is 2.61. The number of amides is 1. The van der Waals surface area contributed by atoms with Gasteiger partial charge in [-0.05, 0) is 31.2 Å². The van der Waals surface area contributed by atoms with E-state index in [1.807, 2.05) is 6.26 Å². The summed E-state index contributed by atoms with van der Waals surface area (Å²) in [5, 5.41) is 10.1. The molecule has 1 amide bonds. The number of nitrogens with zero attached hydrogens (tertiary/aromatic N) is 2. The number of hydrogen-bond donors (Lipinski definition) is 1. The van der Waals surface area contributed by atoms with Gasteiger partial charge in [0.1, 0.15) is 0 Å². The van der Waals surface area contributed by atoms with Gasteiger partial charge < -0.3 is 10.0 Å². The van der Waals surface area contributed by atoms with Crippen LogP contribution in [0.2, 0.25) is 0 Å². The molecule has 1 aromatic heterocycles. The molecular weight excluding hydrogens is 236 g/mol. The van der Waals surface area contributed by atoms with Gasteiger partial charge in [-0.25, -0.2) is 4.98 Å². The van der Waals surface area contributed by atoms with E-state index in [1.165, 1.54) is 11.8 Å². The Morgan fingerprint density at radius 1 is 1.71 bits per heavy atom. The van der Waals surface area contributed by atoms with E-state index in [-0.39, 0.29) is 18.6 Å². The smallest absolute Gasteiger partial charge is 0.254 e. The maximum Gasteiger partial charge on any atom is 0.254 e. The number of pyridine rings is 1. The van der Waals surface area contributed by atoms with Crippen molar-refractivity contribution in [2.45, 2.75) is 23.9 Å². The lowest BCUT2D eigenvalue weighted by Gasteiger charge is -2.23. The molecular formula is C12H16N2O2S. The first kappa shape index (κ1) is 12.4. The zero-order chi connectivity index (χ0) is 12.3. The Labute approximate surface area is 105 Å². The van der Waals surface area contributed by atoms with Crippen molar-refractivity contribution in [3.8, 4) is 0 Å². The van der Waals surface area contributed by atoms with Crippen LogP contribution in [-0.2, 0) is 0 Å². The average molecular weight is 252 g/mol. The highest BCUT2D eigenvalue weighted by Gasteiger charge is 2.28. The molecule has 2 heterocycles. The fourth-order valence-electron chi connectivity index (χ4n) is 2.11. The summed E-state index contributed by atoms with van der Waals surface area (Å²) in [6, 6.07) is 3.52. The molecule has 0 unspecified atom stereocenters. The highest BCUT2D eigenvalue weighted by molar-refractivity contribution is 7.98. The lowest BCUT2D eigenvalue weighted by atomic mass is 10.2. The predicted octanol–water partition coefficient (Wildman–Crippen LogP) is 1.40. The number of likely N-dealkylation sites (tertiary alicyclic amines) is 1. The summed E-state index contributed by atoms with van der Waals surface area (Å²) in [7, 11) is 0. The van der Waals surface area contributed by atoms with E-state index in [0.717, 1.165) is 24.4 Å². The molecule has 1 aliphatic rings. The number of carbonyl (C=O) groups is 1. The molecule has 0 bridgehead atoms. The Morgan fingerprint density at radius 2 is 2.53 bits per heavy atom. The summed E-state index contributed by atoms with van der Waals surface area (Å²) in [5.41, 5.74) is 0.657. The van der Waals surface area contributed by atoms with Crippen molar-refractivity contribution in [1.29, 1.82) is 0 Å². The van der Waals surface area contributed by atoms with Crippen LogP contribution in [0, 0.1) is 0 Å². The molecule has 0 aliphatic carbocycles. The highest BCUT2D eigenvalue weighted by atomic mass is 32.2. The fraction of sp³-hybridized carbons (Fsp3) is 0.500. The minimum atomic E-state index is -0.0200. The van der Waals surface area contributed by atoms with Gasteiger partial charge in [0, 0.05) is 18.3 Å². The Hall–Kier alpha value is -1.07. The maximum atomic E-state index is 12.3. The van der Waals surface area contributed by atoms with E-state index >= 15 is 0 Å². The Morgan fingerprint density at radius 3 is 3.24 bits per heavy atom. The molecule has 0 radical (unpaired) electrons. The van der Waals surface area contributed by atoms with E-state index in [4.69, 9.17) is 0 Å². The van der Waals surface area contributed by atoms with Crippen LogP contribution in [0.3, 0.4) is 0 Å². The van der Waals surface area contributed by atoms with Crippen molar-refractivity contribution in [1.82, 2.24) is 9.88 Å². The fourth-order valence-corrected chi connectivity index (χ4v) is 2.52. The largest absolute Gasteiger partial charge is 0.394 e. The standard InChI is InChI=1S/C12H16N2O2S/c1-17-11-7-9(4-5-13-11)12(16)14-6-2-3-10(14)8-15/h4-5,7,10,15H,2-3,6,8H2,1H3/t10-/m0/s1. The van der Waals surface area contributed by atoms with Gasteiger partial charge in [0.15, 0.2) is 0 Å². The van der Waals surface area contributed by atoms with Crippen molar-refractivity contribution in [3.05, 3.63) is 23.9 Å². The first-order chi connectivity index (χ1) is 8.26. The van der Waals surface area contributed by atoms with Crippen LogP contribution < -0.4 is 0 Å². The second kappa shape index (κ2) is 5.51. The van der Waals surface area contributed by atoms with E-state index in [0.29, 0.717) is 5.56 Å². The van der Waals surface area contributed by atoms with Gasteiger partial charge in [-0.2, -0.15) is 0 Å². The molecule has 2 rings (SSSR count). The van der Waals surface area contributed by atoms with Crippen LogP contribution in [0.25, 0.3) is 0 Å². The van der Waals surface area contributed by atoms with Gasteiger partial charge in [0.05, 0.1) is 17.7 Å². The molecule has 5 heteroatoms. The van der Waals surface area contributed by atoms with E-state index in [9.17, 15) is 9.90 Å². The highest BCUT2D eigenvalue weighted by Crippen LogP contribution is 2.21. The van der Waals surface area contributed by atoms with Crippen molar-refractivity contribution in [2.75, 3.05) is 19.4 Å². The number of hydrogen-bond acceptors (Lipinski definition) is 4. The molecule has 92 valence electrons. The van der Waals surface area contributed by atoms with E-state index < -0.39 is 0 Å². The maximum absolute atomic E-state index is 12.3. The first-order valence-electron chi connectivity index (χ1n) is 5.68. The summed E-state index contributed by atoms with van der Waals surface area (Å²) >= 11 is 1.52. The minimum absolute atomic E-state index is 0.000694. The van der Waals surface area contributed by atoms with Gasteiger partial charge in [0.2, 0.25) is 0 Å². The normalized spacial score (nSPS) is 19.6. The molecule has 17 heavy (non-hydrogen) atoms. The lowest BCUT2D eigenvalue weighted by molar-refractivity contribution is 0.0677. The SMILES string of the molecule is CSc1cc(C(=O)N2CCC[C@H]2CO)ccn1. The molecule has 1 N–H and O–H groups in total. The minimum Gasteiger partial charge on any atom is -0.394 e. The van der Waals surface area contributed by atoms with E-state index in [1.54, 1.807) is 23.2 Å². The van der Waals surface area contributed by atoms with Gasteiger partial charge in [-0.3, -0.25) is 4.79 Å². The topological polar surface area (TPSA) is 53.4 Å². The predicted molar refractivity (Wildman–Crippen MR) is 67.2 cm³/mol. The van der Waals surface area contributed by atoms with Crippen LogP contribution in [0.5, 0.6) is 0 Å². The number of rotatable bonds is 3. The number of carbonyl (C=O) groups excluding carboxylic acids is 1. The zero-order valence-corrected chi connectivity index (χ0v) is 10.6. The molecule has 1 atom stereocenters. The molecule has 1 fully saturated rings. The molecule has 1 aromatic rings. The summed E-state index contributed by atoms with van der Waals surface area (Å²) in [6.45, 7) is 0.785. The zero-order valence-electron chi connectivity index (χ0n) is 9.80. The third-order valence-electron chi connectivity index (χ3n) is 3.04. The van der Waals surface area contributed by atoms with E-state index in [2.05, 4.69) is 4.98 Å². The van der Waals surface area contributed by atoms with Crippen molar-refractivity contribution >= 4 is 17.7 Å². The van der Waals surface area contributed by atoms with Gasteiger partial charge in [-0.15, -0.1) is 11.8 Å². The van der Waals surface area contributed by atoms with Crippen LogP contribution in [-0.4, -0.2) is 46.3 Å². The molecule has 0 spiro atoms. The van der Waals surface area contributed by atoms with Crippen LogP contribution in [0.15, 0.2) is 23.4 Å². The number of aliphatic hydroxyl groups is 1. The number of aromatic nitrogens is 1. The summed E-state index contributed by atoms with van der Waals surface area (Å²) < 4.78 is 0. The number of aliphatic hydroxyl groups excluding tert-OH is 1. The third-order valence-corrected chi connectivity index (χ3v) is 3.68. The summed E-state index contributed by atoms with van der Waals surface area (Å²) in [4.78, 5) is 18.2. The van der Waals surface area contributed by atoms with Crippen molar-refractivity contribution in [3.63, 3.8) is 0 Å². The molecule has 1 aliphatic heterocycles.